The lowest BCUT2D eigenvalue weighted by atomic mass is 9.61. The van der Waals surface area contributed by atoms with E-state index in [1.165, 1.54) is 74.5 Å². The van der Waals surface area contributed by atoms with Gasteiger partial charge in [-0.15, -0.1) is 0 Å². The quantitative estimate of drug-likeness (QED) is 0.219. The molecule has 3 aliphatic rings. The standard InChI is InChI=1S/C43H58O3/c1-5-21-43(37-25-34(40(44)22-28(37)2)31-15-9-6-10-16-31,38-26-35(41(45)23-29(38)3)32-17-11-7-12-18-32)39-27-36(42(46)24-30(39)4)33-19-13-8-14-20-33/h22-27,31-33,44-46H,5-21H2,1-4H3. The fourth-order valence-electron chi connectivity index (χ4n) is 9.94. The lowest BCUT2D eigenvalue weighted by Crippen LogP contribution is -2.33. The average Bonchev–Trinajstić information content (AvgIpc) is 3.05. The van der Waals surface area contributed by atoms with E-state index in [2.05, 4.69) is 45.9 Å². The summed E-state index contributed by atoms with van der Waals surface area (Å²) in [6.07, 6.45) is 19.8. The molecule has 0 spiro atoms. The van der Waals surface area contributed by atoms with Crippen LogP contribution in [0.5, 0.6) is 17.2 Å². The van der Waals surface area contributed by atoms with E-state index in [0.29, 0.717) is 35.0 Å². The fraction of sp³-hybridized carbons (Fsp3) is 0.581. The third-order valence-electron chi connectivity index (χ3n) is 12.3. The van der Waals surface area contributed by atoms with Crippen molar-refractivity contribution in [2.45, 2.75) is 160 Å². The van der Waals surface area contributed by atoms with E-state index in [1.54, 1.807) is 0 Å². The molecule has 3 fully saturated rings. The van der Waals surface area contributed by atoms with Gasteiger partial charge >= 0.3 is 0 Å². The zero-order chi connectivity index (χ0) is 32.4. The van der Waals surface area contributed by atoms with Gasteiger partial charge in [-0.2, -0.15) is 0 Å². The van der Waals surface area contributed by atoms with Gasteiger partial charge in [0.2, 0.25) is 0 Å². The van der Waals surface area contributed by atoms with Crippen molar-refractivity contribution in [1.82, 2.24) is 0 Å². The highest BCUT2D eigenvalue weighted by molar-refractivity contribution is 5.63. The Morgan fingerprint density at radius 3 is 1.02 bits per heavy atom. The second kappa shape index (κ2) is 14.0. The number of rotatable bonds is 8. The Labute approximate surface area is 278 Å². The molecule has 3 aromatic rings. The van der Waals surface area contributed by atoms with Crippen molar-refractivity contribution < 1.29 is 15.3 Å². The van der Waals surface area contributed by atoms with Gasteiger partial charge in [0.25, 0.3) is 0 Å². The Hall–Kier alpha value is -2.94. The van der Waals surface area contributed by atoms with Crippen LogP contribution < -0.4 is 0 Å². The second-order valence-electron chi connectivity index (χ2n) is 15.3. The van der Waals surface area contributed by atoms with E-state index < -0.39 is 5.41 Å². The summed E-state index contributed by atoms with van der Waals surface area (Å²) in [5, 5.41) is 34.3. The number of phenolic OH excluding ortho intramolecular Hbond substituents is 3. The number of aromatic hydroxyl groups is 3. The fourth-order valence-corrected chi connectivity index (χ4v) is 9.94. The first kappa shape index (κ1) is 33.0. The Balaban J connectivity index is 1.66. The second-order valence-corrected chi connectivity index (χ2v) is 15.3. The van der Waals surface area contributed by atoms with Gasteiger partial charge in [-0.05, 0) is 152 Å². The summed E-state index contributed by atoms with van der Waals surface area (Å²) >= 11 is 0. The molecule has 0 amide bonds. The third-order valence-corrected chi connectivity index (χ3v) is 12.3. The van der Waals surface area contributed by atoms with Crippen molar-refractivity contribution in [1.29, 1.82) is 0 Å². The highest BCUT2D eigenvalue weighted by Crippen LogP contribution is 2.53. The van der Waals surface area contributed by atoms with Gasteiger partial charge in [-0.3, -0.25) is 0 Å². The maximum Gasteiger partial charge on any atom is 0.119 e. The molecule has 3 saturated carbocycles. The molecule has 3 nitrogen and oxygen atoms in total. The molecular weight excluding hydrogens is 564 g/mol. The smallest absolute Gasteiger partial charge is 0.119 e. The molecule has 3 aromatic carbocycles. The van der Waals surface area contributed by atoms with Crippen molar-refractivity contribution in [2.24, 2.45) is 0 Å². The van der Waals surface area contributed by atoms with Gasteiger partial charge in [0.1, 0.15) is 17.2 Å². The summed E-state index contributed by atoms with van der Waals surface area (Å²) in [6, 6.07) is 13.3. The zero-order valence-corrected chi connectivity index (χ0v) is 29.1. The predicted molar refractivity (Wildman–Crippen MR) is 191 cm³/mol. The van der Waals surface area contributed by atoms with E-state index in [4.69, 9.17) is 0 Å². The number of hydrogen-bond donors (Lipinski definition) is 3. The molecule has 0 unspecified atom stereocenters. The Morgan fingerprint density at radius 2 is 0.761 bits per heavy atom. The Morgan fingerprint density at radius 1 is 0.478 bits per heavy atom. The van der Waals surface area contributed by atoms with Crippen LogP contribution in [0.3, 0.4) is 0 Å². The zero-order valence-electron chi connectivity index (χ0n) is 29.1. The van der Waals surface area contributed by atoms with Crippen LogP contribution in [0.4, 0.5) is 0 Å². The Bertz CT molecular complexity index is 1340. The summed E-state index contributed by atoms with van der Waals surface area (Å²) in [4.78, 5) is 0. The van der Waals surface area contributed by atoms with E-state index in [9.17, 15) is 15.3 Å². The summed E-state index contributed by atoms with van der Waals surface area (Å²) in [5.74, 6) is 2.46. The number of benzene rings is 3. The molecule has 0 bridgehead atoms. The summed E-state index contributed by atoms with van der Waals surface area (Å²) in [6.45, 7) is 8.83. The van der Waals surface area contributed by atoms with Gasteiger partial charge in [0, 0.05) is 5.41 Å². The molecule has 0 radical (unpaired) electrons. The Kier molecular flexibility index (Phi) is 10.1. The third kappa shape index (κ3) is 6.20. The first-order chi connectivity index (χ1) is 22.2. The van der Waals surface area contributed by atoms with Crippen LogP contribution in [-0.2, 0) is 5.41 Å². The topological polar surface area (TPSA) is 60.7 Å². The van der Waals surface area contributed by atoms with Crippen molar-refractivity contribution in [2.75, 3.05) is 0 Å². The van der Waals surface area contributed by atoms with E-state index in [-0.39, 0.29) is 0 Å². The average molecular weight is 623 g/mol. The lowest BCUT2D eigenvalue weighted by Gasteiger charge is -2.41. The number of aryl methyl sites for hydroxylation is 3. The SMILES string of the molecule is CCCC(c1cc(C2CCCCC2)c(O)cc1C)(c1cc(C2CCCCC2)c(O)cc1C)c1cc(C2CCCCC2)c(O)cc1C. The minimum absolute atomic E-state index is 0.379. The molecule has 0 aromatic heterocycles. The number of phenols is 3. The maximum atomic E-state index is 11.4. The highest BCUT2D eigenvalue weighted by Gasteiger charge is 2.42. The molecule has 248 valence electrons. The van der Waals surface area contributed by atoms with Crippen LogP contribution >= 0.6 is 0 Å². The summed E-state index contributed by atoms with van der Waals surface area (Å²) in [7, 11) is 0. The van der Waals surface area contributed by atoms with Crippen LogP contribution in [0.15, 0.2) is 36.4 Å². The first-order valence-corrected chi connectivity index (χ1v) is 18.8. The summed E-state index contributed by atoms with van der Waals surface area (Å²) in [5.41, 5.74) is 10.0. The molecule has 0 aliphatic heterocycles. The van der Waals surface area contributed by atoms with Crippen LogP contribution in [0.25, 0.3) is 0 Å². The van der Waals surface area contributed by atoms with Gasteiger partial charge < -0.3 is 15.3 Å². The van der Waals surface area contributed by atoms with Crippen molar-refractivity contribution in [3.8, 4) is 17.2 Å². The molecular formula is C43H58O3. The van der Waals surface area contributed by atoms with Crippen molar-refractivity contribution >= 4 is 0 Å². The molecule has 46 heavy (non-hydrogen) atoms. The van der Waals surface area contributed by atoms with E-state index in [1.807, 2.05) is 18.2 Å². The highest BCUT2D eigenvalue weighted by atomic mass is 16.3. The number of hydrogen-bond acceptors (Lipinski definition) is 3. The van der Waals surface area contributed by atoms with Gasteiger partial charge in [-0.1, -0.05) is 89.3 Å². The minimum atomic E-state index is -0.488. The normalized spacial score (nSPS) is 19.0. The molecule has 3 N–H and O–H groups in total. The maximum absolute atomic E-state index is 11.4. The van der Waals surface area contributed by atoms with Crippen LogP contribution in [0.1, 0.15) is 184 Å². The first-order valence-electron chi connectivity index (χ1n) is 18.8. The van der Waals surface area contributed by atoms with Gasteiger partial charge in [-0.25, -0.2) is 0 Å². The van der Waals surface area contributed by atoms with Crippen LogP contribution in [-0.4, -0.2) is 15.3 Å². The van der Waals surface area contributed by atoms with Gasteiger partial charge in [0.15, 0.2) is 0 Å². The lowest BCUT2D eigenvalue weighted by molar-refractivity contribution is 0.409. The molecule has 3 heteroatoms. The molecule has 0 atom stereocenters. The predicted octanol–water partition coefficient (Wildman–Crippen LogP) is 12.0. The van der Waals surface area contributed by atoms with Crippen LogP contribution in [0, 0.1) is 20.8 Å². The molecule has 0 saturated heterocycles. The monoisotopic (exact) mass is 622 g/mol. The molecule has 6 rings (SSSR count). The summed E-state index contributed by atoms with van der Waals surface area (Å²) < 4.78 is 0. The van der Waals surface area contributed by atoms with Crippen molar-refractivity contribution in [3.05, 3.63) is 86.5 Å². The largest absolute Gasteiger partial charge is 0.508 e. The van der Waals surface area contributed by atoms with E-state index >= 15 is 0 Å². The van der Waals surface area contributed by atoms with Gasteiger partial charge in [0.05, 0.1) is 0 Å². The van der Waals surface area contributed by atoms with Crippen molar-refractivity contribution in [3.63, 3.8) is 0 Å². The molecule has 3 aliphatic carbocycles. The van der Waals surface area contributed by atoms with E-state index in [0.717, 1.165) is 84.7 Å². The van der Waals surface area contributed by atoms with Crippen LogP contribution in [0.2, 0.25) is 0 Å². The minimum Gasteiger partial charge on any atom is -0.508 e. The molecule has 0 heterocycles.